The summed E-state index contributed by atoms with van der Waals surface area (Å²) in [4.78, 5) is 28.5. The number of rotatable bonds is 2. The molecule has 0 fully saturated rings. The van der Waals surface area contributed by atoms with Gasteiger partial charge >= 0.3 is 5.97 Å². The lowest BCUT2D eigenvalue weighted by Crippen LogP contribution is -2.38. The monoisotopic (exact) mass is 302 g/mol. The standard InChI is InChI=1S/C15H11FN2O4/c16-10-2-4-12-13(7-10)22-6-5-18(12)14(19)9-1-3-11(15(20)21)17-8-9/h1-4,7-8H,5-6H2,(H,20,21). The SMILES string of the molecule is O=C(O)c1ccc(C(=O)N2CCOc3cc(F)ccc32)cn1. The summed E-state index contributed by atoms with van der Waals surface area (Å²) in [5, 5.41) is 8.81. The van der Waals surface area contributed by atoms with Gasteiger partial charge in [0.25, 0.3) is 5.91 Å². The molecule has 1 aromatic heterocycles. The Bertz CT molecular complexity index is 746. The Morgan fingerprint density at radius 3 is 2.77 bits per heavy atom. The van der Waals surface area contributed by atoms with Crippen molar-refractivity contribution in [1.82, 2.24) is 4.98 Å². The molecule has 1 aliphatic rings. The first-order valence-corrected chi connectivity index (χ1v) is 6.50. The quantitative estimate of drug-likeness (QED) is 0.917. The fourth-order valence-electron chi connectivity index (χ4n) is 2.21. The first-order valence-electron chi connectivity index (χ1n) is 6.50. The number of anilines is 1. The number of hydrogen-bond acceptors (Lipinski definition) is 4. The van der Waals surface area contributed by atoms with Gasteiger partial charge in [-0.2, -0.15) is 0 Å². The molecule has 1 aromatic carbocycles. The molecule has 1 aliphatic heterocycles. The number of carbonyl (C=O) groups is 2. The maximum atomic E-state index is 13.2. The zero-order valence-corrected chi connectivity index (χ0v) is 11.3. The second-order valence-corrected chi connectivity index (χ2v) is 4.65. The lowest BCUT2D eigenvalue weighted by molar-refractivity contribution is 0.0690. The van der Waals surface area contributed by atoms with Crippen molar-refractivity contribution in [2.24, 2.45) is 0 Å². The van der Waals surface area contributed by atoms with Gasteiger partial charge in [-0.15, -0.1) is 0 Å². The van der Waals surface area contributed by atoms with E-state index in [9.17, 15) is 14.0 Å². The molecule has 0 aliphatic carbocycles. The molecule has 0 bridgehead atoms. The summed E-state index contributed by atoms with van der Waals surface area (Å²) in [6.45, 7) is 0.570. The Labute approximate surface area is 124 Å². The van der Waals surface area contributed by atoms with Crippen LogP contribution < -0.4 is 9.64 Å². The van der Waals surface area contributed by atoms with Crippen LogP contribution in [0.3, 0.4) is 0 Å². The third-order valence-corrected chi connectivity index (χ3v) is 3.26. The number of aromatic carboxylic acids is 1. The van der Waals surface area contributed by atoms with Gasteiger partial charge in [-0.05, 0) is 24.3 Å². The summed E-state index contributed by atoms with van der Waals surface area (Å²) < 4.78 is 18.6. The molecule has 2 heterocycles. The molecule has 0 spiro atoms. The lowest BCUT2D eigenvalue weighted by atomic mass is 10.1. The number of aromatic nitrogens is 1. The maximum Gasteiger partial charge on any atom is 0.354 e. The molecule has 112 valence electrons. The van der Waals surface area contributed by atoms with E-state index in [4.69, 9.17) is 9.84 Å². The Morgan fingerprint density at radius 2 is 2.09 bits per heavy atom. The van der Waals surface area contributed by atoms with Gasteiger partial charge in [0, 0.05) is 12.3 Å². The third-order valence-electron chi connectivity index (χ3n) is 3.26. The average Bonchev–Trinajstić information content (AvgIpc) is 2.53. The fourth-order valence-corrected chi connectivity index (χ4v) is 2.21. The number of ether oxygens (including phenoxy) is 1. The number of benzene rings is 1. The van der Waals surface area contributed by atoms with E-state index in [2.05, 4.69) is 4.98 Å². The predicted octanol–water partition coefficient (Wildman–Crippen LogP) is 1.96. The number of carboxylic acids is 1. The van der Waals surface area contributed by atoms with Crippen molar-refractivity contribution in [2.75, 3.05) is 18.1 Å². The van der Waals surface area contributed by atoms with Gasteiger partial charge in [0.15, 0.2) is 0 Å². The van der Waals surface area contributed by atoms with Gasteiger partial charge in [0.2, 0.25) is 0 Å². The van der Waals surface area contributed by atoms with Crippen LogP contribution in [0, 0.1) is 5.82 Å². The largest absolute Gasteiger partial charge is 0.489 e. The van der Waals surface area contributed by atoms with Crippen LogP contribution in [0.1, 0.15) is 20.8 Å². The van der Waals surface area contributed by atoms with E-state index in [-0.39, 0.29) is 23.8 Å². The molecule has 0 unspecified atom stereocenters. The van der Waals surface area contributed by atoms with Crippen LogP contribution in [0.4, 0.5) is 10.1 Å². The number of fused-ring (bicyclic) bond motifs is 1. The van der Waals surface area contributed by atoms with Gasteiger partial charge in [-0.1, -0.05) is 0 Å². The van der Waals surface area contributed by atoms with Crippen LogP contribution in [-0.4, -0.2) is 35.1 Å². The van der Waals surface area contributed by atoms with Crippen molar-refractivity contribution in [3.63, 3.8) is 0 Å². The molecule has 0 radical (unpaired) electrons. The molecule has 22 heavy (non-hydrogen) atoms. The summed E-state index contributed by atoms with van der Waals surface area (Å²) in [5.74, 6) is -1.65. The van der Waals surface area contributed by atoms with Crippen molar-refractivity contribution >= 4 is 17.6 Å². The number of nitrogens with zero attached hydrogens (tertiary/aromatic N) is 2. The number of amides is 1. The lowest BCUT2D eigenvalue weighted by Gasteiger charge is -2.29. The highest BCUT2D eigenvalue weighted by Gasteiger charge is 2.25. The molecule has 0 atom stereocenters. The molecule has 3 rings (SSSR count). The highest BCUT2D eigenvalue weighted by molar-refractivity contribution is 6.07. The minimum absolute atomic E-state index is 0.138. The second kappa shape index (κ2) is 5.44. The van der Waals surface area contributed by atoms with Gasteiger partial charge in [-0.25, -0.2) is 14.2 Å². The average molecular weight is 302 g/mol. The summed E-state index contributed by atoms with van der Waals surface area (Å²) in [7, 11) is 0. The highest BCUT2D eigenvalue weighted by atomic mass is 19.1. The Morgan fingerprint density at radius 1 is 1.27 bits per heavy atom. The molecule has 1 amide bonds. The van der Waals surface area contributed by atoms with Crippen LogP contribution in [0.15, 0.2) is 36.5 Å². The van der Waals surface area contributed by atoms with Crippen LogP contribution in [0.25, 0.3) is 0 Å². The molecule has 0 saturated carbocycles. The third kappa shape index (κ3) is 2.48. The van der Waals surface area contributed by atoms with Gasteiger partial charge in [0.05, 0.1) is 17.8 Å². The zero-order chi connectivity index (χ0) is 15.7. The van der Waals surface area contributed by atoms with Gasteiger partial charge in [-0.3, -0.25) is 4.79 Å². The van der Waals surface area contributed by atoms with Crippen LogP contribution in [0.5, 0.6) is 5.75 Å². The van der Waals surface area contributed by atoms with E-state index in [0.29, 0.717) is 18.0 Å². The highest BCUT2D eigenvalue weighted by Crippen LogP contribution is 2.32. The van der Waals surface area contributed by atoms with Crippen molar-refractivity contribution in [3.8, 4) is 5.75 Å². The normalized spacial score (nSPS) is 13.2. The van der Waals surface area contributed by atoms with Gasteiger partial charge < -0.3 is 14.7 Å². The molecule has 7 heteroatoms. The van der Waals surface area contributed by atoms with E-state index in [1.54, 1.807) is 0 Å². The molecule has 2 aromatic rings. The summed E-state index contributed by atoms with van der Waals surface area (Å²) in [5.41, 5.74) is 0.586. The van der Waals surface area contributed by atoms with Gasteiger partial charge in [0.1, 0.15) is 23.9 Å². The summed E-state index contributed by atoms with van der Waals surface area (Å²) >= 11 is 0. The van der Waals surface area contributed by atoms with E-state index >= 15 is 0 Å². The molecule has 1 N–H and O–H groups in total. The molecule has 0 saturated heterocycles. The number of halogens is 1. The van der Waals surface area contributed by atoms with E-state index in [0.717, 1.165) is 0 Å². The molecular weight excluding hydrogens is 291 g/mol. The van der Waals surface area contributed by atoms with Crippen LogP contribution in [0.2, 0.25) is 0 Å². The second-order valence-electron chi connectivity index (χ2n) is 4.65. The van der Waals surface area contributed by atoms with E-state index in [1.807, 2.05) is 0 Å². The summed E-state index contributed by atoms with van der Waals surface area (Å²) in [6, 6.07) is 6.61. The van der Waals surface area contributed by atoms with Crippen LogP contribution in [-0.2, 0) is 0 Å². The van der Waals surface area contributed by atoms with Crippen molar-refractivity contribution in [2.45, 2.75) is 0 Å². The number of carbonyl (C=O) groups excluding carboxylic acids is 1. The smallest absolute Gasteiger partial charge is 0.354 e. The van der Waals surface area contributed by atoms with Crippen molar-refractivity contribution < 1.29 is 23.8 Å². The summed E-state index contributed by atoms with van der Waals surface area (Å²) in [6.07, 6.45) is 1.21. The topological polar surface area (TPSA) is 79.7 Å². The molecular formula is C15H11FN2O4. The van der Waals surface area contributed by atoms with Crippen LogP contribution >= 0.6 is 0 Å². The Kier molecular flexibility index (Phi) is 3.46. The van der Waals surface area contributed by atoms with Crippen molar-refractivity contribution in [3.05, 3.63) is 53.6 Å². The van der Waals surface area contributed by atoms with E-state index in [1.165, 1.54) is 41.4 Å². The first-order chi connectivity index (χ1) is 10.6. The number of carboxylic acid groups (broad SMARTS) is 1. The van der Waals surface area contributed by atoms with Crippen molar-refractivity contribution in [1.29, 1.82) is 0 Å². The molecule has 6 nitrogen and oxygen atoms in total. The number of pyridine rings is 1. The maximum absolute atomic E-state index is 13.2. The Hall–Kier alpha value is -2.96. The fraction of sp³-hybridized carbons (Fsp3) is 0.133. The minimum Gasteiger partial charge on any atom is -0.489 e. The predicted molar refractivity (Wildman–Crippen MR) is 74.8 cm³/mol. The van der Waals surface area contributed by atoms with E-state index < -0.39 is 11.8 Å². The zero-order valence-electron chi connectivity index (χ0n) is 11.3. The minimum atomic E-state index is -1.16. The Balaban J connectivity index is 1.92. The number of hydrogen-bond donors (Lipinski definition) is 1. The first kappa shape index (κ1) is 14.0.